The number of hydrogen-bond donors (Lipinski definition) is 2. The van der Waals surface area contributed by atoms with Gasteiger partial charge in [-0.1, -0.05) is 0 Å². The van der Waals surface area contributed by atoms with Crippen molar-refractivity contribution in [1.29, 1.82) is 0 Å². The molecule has 0 aliphatic heterocycles. The SMILES string of the molecule is CNS(=O)(=O)c1ccc(CC(=O)O)nc1. The highest BCUT2D eigenvalue weighted by molar-refractivity contribution is 7.89. The molecule has 0 radical (unpaired) electrons. The minimum atomic E-state index is -3.50. The number of nitrogens with zero attached hydrogens (tertiary/aromatic N) is 1. The van der Waals surface area contributed by atoms with E-state index in [0.29, 0.717) is 5.69 Å². The van der Waals surface area contributed by atoms with Crippen molar-refractivity contribution in [3.63, 3.8) is 0 Å². The first-order valence-corrected chi connectivity index (χ1v) is 5.54. The van der Waals surface area contributed by atoms with E-state index in [-0.39, 0.29) is 11.3 Å². The average Bonchev–Trinajstić information content (AvgIpc) is 2.18. The third kappa shape index (κ3) is 3.00. The summed E-state index contributed by atoms with van der Waals surface area (Å²) in [6, 6.07) is 2.69. The van der Waals surface area contributed by atoms with Gasteiger partial charge in [0.05, 0.1) is 12.1 Å². The molecule has 0 aliphatic carbocycles. The van der Waals surface area contributed by atoms with Gasteiger partial charge in [-0.05, 0) is 19.2 Å². The number of rotatable bonds is 4. The fraction of sp³-hybridized carbons (Fsp3) is 0.250. The van der Waals surface area contributed by atoms with Crippen molar-refractivity contribution in [3.8, 4) is 0 Å². The smallest absolute Gasteiger partial charge is 0.309 e. The summed E-state index contributed by atoms with van der Waals surface area (Å²) in [7, 11) is -2.21. The molecule has 0 fully saturated rings. The summed E-state index contributed by atoms with van der Waals surface area (Å²) >= 11 is 0. The number of aromatic nitrogens is 1. The van der Waals surface area contributed by atoms with Crippen molar-refractivity contribution in [2.24, 2.45) is 0 Å². The standard InChI is InChI=1S/C8H10N2O4S/c1-9-15(13,14)7-3-2-6(10-5-7)4-8(11)12/h2-3,5,9H,4H2,1H3,(H,11,12). The molecular weight excluding hydrogens is 220 g/mol. The quantitative estimate of drug-likeness (QED) is 0.734. The van der Waals surface area contributed by atoms with Gasteiger partial charge in [-0.15, -0.1) is 0 Å². The molecule has 0 aromatic carbocycles. The molecule has 0 atom stereocenters. The van der Waals surface area contributed by atoms with Crippen LogP contribution in [0.5, 0.6) is 0 Å². The Bertz CT molecular complexity index is 452. The Morgan fingerprint density at radius 2 is 2.20 bits per heavy atom. The van der Waals surface area contributed by atoms with Gasteiger partial charge in [0.15, 0.2) is 0 Å². The predicted molar refractivity (Wildman–Crippen MR) is 51.8 cm³/mol. The van der Waals surface area contributed by atoms with E-state index in [1.807, 2.05) is 0 Å². The van der Waals surface area contributed by atoms with E-state index >= 15 is 0 Å². The highest BCUT2D eigenvalue weighted by Gasteiger charge is 2.11. The summed E-state index contributed by atoms with van der Waals surface area (Å²) < 4.78 is 24.7. The third-order valence-electron chi connectivity index (χ3n) is 1.71. The Kier molecular flexibility index (Phi) is 3.38. The Labute approximate surface area is 87.0 Å². The van der Waals surface area contributed by atoms with Gasteiger partial charge in [-0.25, -0.2) is 13.1 Å². The number of carboxylic acids is 1. The lowest BCUT2D eigenvalue weighted by molar-refractivity contribution is -0.136. The van der Waals surface area contributed by atoms with Crippen LogP contribution in [0.4, 0.5) is 0 Å². The molecule has 1 heterocycles. The molecule has 15 heavy (non-hydrogen) atoms. The molecule has 82 valence electrons. The monoisotopic (exact) mass is 230 g/mol. The Morgan fingerprint density at radius 1 is 1.53 bits per heavy atom. The molecule has 0 saturated carbocycles. The van der Waals surface area contributed by atoms with Gasteiger partial charge in [0.2, 0.25) is 10.0 Å². The van der Waals surface area contributed by atoms with Crippen LogP contribution in [-0.2, 0) is 21.2 Å². The number of carbonyl (C=O) groups is 1. The third-order valence-corrected chi connectivity index (χ3v) is 3.11. The highest BCUT2D eigenvalue weighted by atomic mass is 32.2. The van der Waals surface area contributed by atoms with Crippen molar-refractivity contribution in [2.75, 3.05) is 7.05 Å². The van der Waals surface area contributed by atoms with Gasteiger partial charge >= 0.3 is 5.97 Å². The minimum absolute atomic E-state index is 0.0131. The van der Waals surface area contributed by atoms with E-state index in [0.717, 1.165) is 6.20 Å². The average molecular weight is 230 g/mol. The topological polar surface area (TPSA) is 96.4 Å². The molecule has 6 nitrogen and oxygen atoms in total. The van der Waals surface area contributed by atoms with Gasteiger partial charge in [-0.3, -0.25) is 9.78 Å². The van der Waals surface area contributed by atoms with Crippen LogP contribution in [-0.4, -0.2) is 31.5 Å². The largest absolute Gasteiger partial charge is 0.481 e. The normalized spacial score (nSPS) is 11.3. The van der Waals surface area contributed by atoms with Crippen LogP contribution in [0.2, 0.25) is 0 Å². The van der Waals surface area contributed by atoms with Crippen LogP contribution in [0, 0.1) is 0 Å². The first kappa shape index (κ1) is 11.6. The molecule has 0 amide bonds. The molecule has 1 aromatic heterocycles. The lowest BCUT2D eigenvalue weighted by Gasteiger charge is -2.02. The zero-order chi connectivity index (χ0) is 11.5. The summed E-state index contributed by atoms with van der Waals surface area (Å²) in [4.78, 5) is 14.1. The van der Waals surface area contributed by atoms with Gasteiger partial charge in [0, 0.05) is 6.20 Å². The molecule has 0 aliphatic rings. The zero-order valence-electron chi connectivity index (χ0n) is 7.97. The number of pyridine rings is 1. The van der Waals surface area contributed by atoms with Crippen molar-refractivity contribution in [3.05, 3.63) is 24.0 Å². The van der Waals surface area contributed by atoms with Crippen LogP contribution in [0.3, 0.4) is 0 Å². The molecular formula is C8H10N2O4S. The van der Waals surface area contributed by atoms with E-state index < -0.39 is 16.0 Å². The molecule has 1 rings (SSSR count). The maximum absolute atomic E-state index is 11.3. The first-order chi connectivity index (χ1) is 6.95. The number of nitrogens with one attached hydrogen (secondary N) is 1. The summed E-state index contributed by atoms with van der Waals surface area (Å²) in [6.07, 6.45) is 0.907. The Balaban J connectivity index is 2.95. The van der Waals surface area contributed by atoms with E-state index in [4.69, 9.17) is 5.11 Å². The lowest BCUT2D eigenvalue weighted by Crippen LogP contribution is -2.18. The predicted octanol–water partition coefficient (Wildman–Crippen LogP) is -0.383. The van der Waals surface area contributed by atoms with E-state index in [2.05, 4.69) is 9.71 Å². The summed E-state index contributed by atoms with van der Waals surface area (Å²) in [6.45, 7) is 0. The van der Waals surface area contributed by atoms with Gasteiger partial charge < -0.3 is 5.11 Å². The van der Waals surface area contributed by atoms with Gasteiger partial charge in [-0.2, -0.15) is 0 Å². The summed E-state index contributed by atoms with van der Waals surface area (Å²) in [5, 5.41) is 8.47. The number of hydrogen-bond acceptors (Lipinski definition) is 4. The van der Waals surface area contributed by atoms with E-state index in [1.165, 1.54) is 19.2 Å². The fourth-order valence-corrected chi connectivity index (χ4v) is 1.62. The van der Waals surface area contributed by atoms with Crippen LogP contribution >= 0.6 is 0 Å². The Hall–Kier alpha value is -1.47. The number of aliphatic carboxylic acids is 1. The molecule has 0 unspecified atom stereocenters. The van der Waals surface area contributed by atoms with Crippen LogP contribution in [0.25, 0.3) is 0 Å². The van der Waals surface area contributed by atoms with Crippen molar-refractivity contribution < 1.29 is 18.3 Å². The van der Waals surface area contributed by atoms with Crippen molar-refractivity contribution in [1.82, 2.24) is 9.71 Å². The minimum Gasteiger partial charge on any atom is -0.481 e. The maximum Gasteiger partial charge on any atom is 0.309 e. The van der Waals surface area contributed by atoms with Gasteiger partial charge in [0.1, 0.15) is 4.90 Å². The van der Waals surface area contributed by atoms with Crippen molar-refractivity contribution in [2.45, 2.75) is 11.3 Å². The molecule has 7 heteroatoms. The Morgan fingerprint density at radius 3 is 2.60 bits per heavy atom. The number of carboxylic acid groups (broad SMARTS) is 1. The number of sulfonamides is 1. The molecule has 1 aromatic rings. The van der Waals surface area contributed by atoms with Crippen LogP contribution in [0.1, 0.15) is 5.69 Å². The summed E-state index contributed by atoms with van der Waals surface area (Å²) in [5.74, 6) is -1.01. The second-order valence-corrected chi connectivity index (χ2v) is 4.65. The molecule has 0 spiro atoms. The van der Waals surface area contributed by atoms with Crippen LogP contribution < -0.4 is 4.72 Å². The fourth-order valence-electron chi connectivity index (χ4n) is 0.947. The highest BCUT2D eigenvalue weighted by Crippen LogP contribution is 2.07. The lowest BCUT2D eigenvalue weighted by atomic mass is 10.3. The van der Waals surface area contributed by atoms with Gasteiger partial charge in [0.25, 0.3) is 0 Å². The summed E-state index contributed by atoms with van der Waals surface area (Å²) in [5.41, 5.74) is 0.317. The molecule has 0 saturated heterocycles. The van der Waals surface area contributed by atoms with E-state index in [1.54, 1.807) is 0 Å². The second-order valence-electron chi connectivity index (χ2n) is 2.76. The second kappa shape index (κ2) is 4.37. The molecule has 2 N–H and O–H groups in total. The van der Waals surface area contributed by atoms with E-state index in [9.17, 15) is 13.2 Å². The zero-order valence-corrected chi connectivity index (χ0v) is 8.78. The molecule has 0 bridgehead atoms. The maximum atomic E-state index is 11.3. The first-order valence-electron chi connectivity index (χ1n) is 4.06. The van der Waals surface area contributed by atoms with Crippen LogP contribution in [0.15, 0.2) is 23.2 Å². The van der Waals surface area contributed by atoms with Crippen molar-refractivity contribution >= 4 is 16.0 Å².